The molecule has 1 aliphatic rings. The van der Waals surface area contributed by atoms with Gasteiger partial charge in [0, 0.05) is 24.7 Å². The number of likely N-dealkylation sites (N-methyl/N-ethyl adjacent to an activating group) is 1. The van der Waals surface area contributed by atoms with Gasteiger partial charge >= 0.3 is 0 Å². The molecule has 104 valence electrons. The molecule has 4 nitrogen and oxygen atoms in total. The lowest BCUT2D eigenvalue weighted by atomic mass is 10.1. The van der Waals surface area contributed by atoms with E-state index < -0.39 is 17.5 Å². The zero-order chi connectivity index (χ0) is 14.0. The lowest BCUT2D eigenvalue weighted by Crippen LogP contribution is -2.36. The molecule has 1 aromatic rings. The molecule has 2 N–H and O–H groups in total. The van der Waals surface area contributed by atoms with Crippen molar-refractivity contribution < 1.29 is 18.7 Å². The third kappa shape index (κ3) is 3.08. The highest BCUT2D eigenvalue weighted by Crippen LogP contribution is 2.16. The van der Waals surface area contributed by atoms with Crippen LogP contribution < -0.4 is 5.32 Å². The zero-order valence-electron chi connectivity index (χ0n) is 10.6. The maximum atomic E-state index is 13.4. The molecular weight excluding hydrogens is 254 g/mol. The van der Waals surface area contributed by atoms with Gasteiger partial charge in [0.15, 0.2) is 0 Å². The molecule has 0 saturated carbocycles. The monoisotopic (exact) mass is 270 g/mol. The summed E-state index contributed by atoms with van der Waals surface area (Å²) in [5.41, 5.74) is -0.170. The SMILES string of the molecule is CN1C[C@H](NC(=O)c2ccc(F)cc2F)C[C@H]1CO. The Balaban J connectivity index is 2.02. The van der Waals surface area contributed by atoms with Gasteiger partial charge < -0.3 is 10.4 Å². The first-order chi connectivity index (χ1) is 9.01. The Labute approximate surface area is 110 Å². The number of aliphatic hydroxyl groups is 1. The van der Waals surface area contributed by atoms with Gasteiger partial charge in [0.25, 0.3) is 5.91 Å². The van der Waals surface area contributed by atoms with Gasteiger partial charge in [0.05, 0.1) is 12.2 Å². The first kappa shape index (κ1) is 13.9. The molecule has 2 rings (SSSR count). The number of carbonyl (C=O) groups is 1. The van der Waals surface area contributed by atoms with Gasteiger partial charge in [-0.05, 0) is 25.6 Å². The number of halogens is 2. The van der Waals surface area contributed by atoms with Crippen molar-refractivity contribution in [3.63, 3.8) is 0 Å². The second kappa shape index (κ2) is 5.63. The number of carbonyl (C=O) groups excluding carboxylic acids is 1. The van der Waals surface area contributed by atoms with Gasteiger partial charge in [0.1, 0.15) is 11.6 Å². The maximum Gasteiger partial charge on any atom is 0.254 e. The Morgan fingerprint density at radius 1 is 1.53 bits per heavy atom. The van der Waals surface area contributed by atoms with Gasteiger partial charge in [-0.15, -0.1) is 0 Å². The van der Waals surface area contributed by atoms with E-state index in [4.69, 9.17) is 5.11 Å². The molecule has 2 atom stereocenters. The molecule has 0 aliphatic carbocycles. The van der Waals surface area contributed by atoms with Gasteiger partial charge in [-0.3, -0.25) is 9.69 Å². The molecule has 6 heteroatoms. The standard InChI is InChI=1S/C13H16F2N2O2/c1-17-6-9(5-10(17)7-18)16-13(19)11-3-2-8(14)4-12(11)15/h2-4,9-10,18H,5-7H2,1H3,(H,16,19)/t9-,10+/m1/s1. The fraction of sp³-hybridized carbons (Fsp3) is 0.462. The summed E-state index contributed by atoms with van der Waals surface area (Å²) < 4.78 is 26.2. The molecule has 19 heavy (non-hydrogen) atoms. The smallest absolute Gasteiger partial charge is 0.254 e. The minimum Gasteiger partial charge on any atom is -0.395 e. The van der Waals surface area contributed by atoms with Crippen LogP contribution in [0.5, 0.6) is 0 Å². The number of rotatable bonds is 3. The molecule has 0 aromatic heterocycles. The lowest BCUT2D eigenvalue weighted by molar-refractivity contribution is 0.0934. The van der Waals surface area contributed by atoms with E-state index in [-0.39, 0.29) is 24.3 Å². The average Bonchev–Trinajstić information content (AvgIpc) is 2.69. The van der Waals surface area contributed by atoms with Gasteiger partial charge in [-0.1, -0.05) is 0 Å². The number of hydrogen-bond acceptors (Lipinski definition) is 3. The Morgan fingerprint density at radius 2 is 2.26 bits per heavy atom. The summed E-state index contributed by atoms with van der Waals surface area (Å²) in [5, 5.41) is 11.8. The van der Waals surface area contributed by atoms with Gasteiger partial charge in [0.2, 0.25) is 0 Å². The summed E-state index contributed by atoms with van der Waals surface area (Å²) >= 11 is 0. The van der Waals surface area contributed by atoms with E-state index in [1.165, 1.54) is 0 Å². The van der Waals surface area contributed by atoms with E-state index in [0.29, 0.717) is 19.0 Å². The van der Waals surface area contributed by atoms with Crippen LogP contribution in [0.25, 0.3) is 0 Å². The summed E-state index contributed by atoms with van der Waals surface area (Å²) in [6, 6.07) is 2.73. The van der Waals surface area contributed by atoms with Crippen molar-refractivity contribution in [1.82, 2.24) is 10.2 Å². The highest BCUT2D eigenvalue weighted by Gasteiger charge is 2.30. The van der Waals surface area contributed by atoms with E-state index in [0.717, 1.165) is 12.1 Å². The second-order valence-corrected chi connectivity index (χ2v) is 4.81. The summed E-state index contributed by atoms with van der Waals surface area (Å²) in [6.45, 7) is 0.619. The number of nitrogens with one attached hydrogen (secondary N) is 1. The molecule has 0 spiro atoms. The second-order valence-electron chi connectivity index (χ2n) is 4.81. The largest absolute Gasteiger partial charge is 0.395 e. The highest BCUT2D eigenvalue weighted by molar-refractivity contribution is 5.94. The summed E-state index contributed by atoms with van der Waals surface area (Å²) in [5.74, 6) is -2.15. The van der Waals surface area contributed by atoms with Crippen LogP contribution in [-0.2, 0) is 0 Å². The minimum absolute atomic E-state index is 0.00312. The quantitative estimate of drug-likeness (QED) is 0.852. The first-order valence-electron chi connectivity index (χ1n) is 6.08. The fourth-order valence-electron chi connectivity index (χ4n) is 2.33. The fourth-order valence-corrected chi connectivity index (χ4v) is 2.33. The third-order valence-electron chi connectivity index (χ3n) is 3.41. The van der Waals surface area contributed by atoms with Crippen LogP contribution in [0.4, 0.5) is 8.78 Å². The van der Waals surface area contributed by atoms with Crippen LogP contribution in [0.15, 0.2) is 18.2 Å². The first-order valence-corrected chi connectivity index (χ1v) is 6.08. The predicted octanol–water partition coefficient (Wildman–Crippen LogP) is 0.760. The summed E-state index contributed by atoms with van der Waals surface area (Å²) in [7, 11) is 1.85. The number of likely N-dealkylation sites (tertiary alicyclic amines) is 1. The molecule has 1 aliphatic heterocycles. The van der Waals surface area contributed by atoms with E-state index in [1.807, 2.05) is 11.9 Å². The average molecular weight is 270 g/mol. The molecule has 0 radical (unpaired) electrons. The Bertz CT molecular complexity index is 482. The third-order valence-corrected chi connectivity index (χ3v) is 3.41. The van der Waals surface area contributed by atoms with E-state index in [2.05, 4.69) is 5.32 Å². The molecule has 1 fully saturated rings. The van der Waals surface area contributed by atoms with Gasteiger partial charge in [-0.2, -0.15) is 0 Å². The molecule has 1 heterocycles. The van der Waals surface area contributed by atoms with Crippen LogP contribution >= 0.6 is 0 Å². The number of aliphatic hydroxyl groups excluding tert-OH is 1. The van der Waals surface area contributed by atoms with Crippen molar-refractivity contribution in [2.75, 3.05) is 20.2 Å². The Hall–Kier alpha value is -1.53. The van der Waals surface area contributed by atoms with Crippen molar-refractivity contribution in [2.45, 2.75) is 18.5 Å². The number of nitrogens with zero attached hydrogens (tertiary/aromatic N) is 1. The van der Waals surface area contributed by atoms with Crippen LogP contribution in [-0.4, -0.2) is 48.2 Å². The lowest BCUT2D eigenvalue weighted by Gasteiger charge is -2.15. The van der Waals surface area contributed by atoms with E-state index >= 15 is 0 Å². The number of benzene rings is 1. The zero-order valence-corrected chi connectivity index (χ0v) is 10.6. The van der Waals surface area contributed by atoms with Crippen LogP contribution in [0, 0.1) is 11.6 Å². The molecule has 1 aromatic carbocycles. The van der Waals surface area contributed by atoms with Crippen molar-refractivity contribution in [1.29, 1.82) is 0 Å². The Kier molecular flexibility index (Phi) is 4.11. The topological polar surface area (TPSA) is 52.6 Å². The molecular formula is C13H16F2N2O2. The predicted molar refractivity (Wildman–Crippen MR) is 65.7 cm³/mol. The maximum absolute atomic E-state index is 13.4. The summed E-state index contributed by atoms with van der Waals surface area (Å²) in [4.78, 5) is 13.8. The van der Waals surface area contributed by atoms with Crippen molar-refractivity contribution in [3.05, 3.63) is 35.4 Å². The van der Waals surface area contributed by atoms with Crippen LogP contribution in [0.3, 0.4) is 0 Å². The van der Waals surface area contributed by atoms with Crippen LogP contribution in [0.2, 0.25) is 0 Å². The number of hydrogen-bond donors (Lipinski definition) is 2. The van der Waals surface area contributed by atoms with E-state index in [1.54, 1.807) is 0 Å². The van der Waals surface area contributed by atoms with E-state index in [9.17, 15) is 13.6 Å². The molecule has 0 bridgehead atoms. The molecule has 1 amide bonds. The minimum atomic E-state index is -0.873. The van der Waals surface area contributed by atoms with Crippen molar-refractivity contribution in [2.24, 2.45) is 0 Å². The van der Waals surface area contributed by atoms with Crippen molar-refractivity contribution in [3.8, 4) is 0 Å². The van der Waals surface area contributed by atoms with Crippen molar-refractivity contribution >= 4 is 5.91 Å². The highest BCUT2D eigenvalue weighted by atomic mass is 19.1. The summed E-state index contributed by atoms with van der Waals surface area (Å²) in [6.07, 6.45) is 0.613. The molecule has 0 unspecified atom stereocenters. The Morgan fingerprint density at radius 3 is 2.84 bits per heavy atom. The normalized spacial score (nSPS) is 23.6. The molecule has 1 saturated heterocycles. The number of amides is 1. The van der Waals surface area contributed by atoms with Crippen LogP contribution in [0.1, 0.15) is 16.8 Å². The van der Waals surface area contributed by atoms with Gasteiger partial charge in [-0.25, -0.2) is 8.78 Å².